The molecule has 39 heavy (non-hydrogen) atoms. The molecule has 7 nitrogen and oxygen atoms in total. The average molecular weight is 545 g/mol. The zero-order valence-corrected chi connectivity index (χ0v) is 23.5. The van der Waals surface area contributed by atoms with Crippen LogP contribution in [0.3, 0.4) is 0 Å². The Balaban J connectivity index is 1.48. The van der Waals surface area contributed by atoms with Crippen LogP contribution < -0.4 is 15.4 Å². The molecule has 1 amide bonds. The number of sulfonamides is 1. The number of anilines is 3. The number of hydrogen-bond acceptors (Lipinski definition) is 5. The summed E-state index contributed by atoms with van der Waals surface area (Å²) in [6.07, 6.45) is 3.77. The Labute approximate surface area is 231 Å². The SMILES string of the molecule is CCS(=O)(=O)Nc1ccc2c(c1)/C(=C(/Nc1ccc(CN3C(C)CCCC3C)cc1)c1ccccc1)C(=O)N2. The van der Waals surface area contributed by atoms with E-state index in [0.717, 1.165) is 17.8 Å². The molecule has 1 fully saturated rings. The number of rotatable bonds is 8. The van der Waals surface area contributed by atoms with Crippen LogP contribution in [-0.2, 0) is 21.4 Å². The third-order valence-corrected chi connectivity index (χ3v) is 9.00. The van der Waals surface area contributed by atoms with Crippen molar-refractivity contribution in [2.45, 2.75) is 58.7 Å². The number of carbonyl (C=O) groups excluding carboxylic acids is 1. The predicted octanol–water partition coefficient (Wildman–Crippen LogP) is 6.14. The van der Waals surface area contributed by atoms with Crippen LogP contribution in [-0.4, -0.2) is 37.1 Å². The fourth-order valence-electron chi connectivity index (χ4n) is 5.45. The molecule has 1 saturated heterocycles. The molecule has 0 radical (unpaired) electrons. The highest BCUT2D eigenvalue weighted by Crippen LogP contribution is 2.39. The van der Waals surface area contributed by atoms with Crippen molar-refractivity contribution < 1.29 is 13.2 Å². The van der Waals surface area contributed by atoms with Crippen LogP contribution in [0.15, 0.2) is 72.8 Å². The van der Waals surface area contributed by atoms with Crippen molar-refractivity contribution in [2.24, 2.45) is 0 Å². The molecule has 204 valence electrons. The van der Waals surface area contributed by atoms with E-state index in [9.17, 15) is 13.2 Å². The monoisotopic (exact) mass is 544 g/mol. The smallest absolute Gasteiger partial charge is 0.258 e. The van der Waals surface area contributed by atoms with Gasteiger partial charge in [0.25, 0.3) is 5.91 Å². The number of piperidine rings is 1. The normalized spacial score (nSPS) is 20.7. The third-order valence-electron chi connectivity index (χ3n) is 7.69. The molecule has 2 atom stereocenters. The number of carbonyl (C=O) groups is 1. The number of fused-ring (bicyclic) bond motifs is 1. The summed E-state index contributed by atoms with van der Waals surface area (Å²) in [5.74, 6) is -0.275. The minimum Gasteiger partial charge on any atom is -0.354 e. The second kappa shape index (κ2) is 11.2. The van der Waals surface area contributed by atoms with Crippen LogP contribution >= 0.6 is 0 Å². The number of nitrogens with one attached hydrogen (secondary N) is 3. The Morgan fingerprint density at radius 3 is 2.28 bits per heavy atom. The molecule has 2 aliphatic rings. The third kappa shape index (κ3) is 6.02. The lowest BCUT2D eigenvalue weighted by molar-refractivity contribution is -0.110. The molecule has 8 heteroatoms. The average Bonchev–Trinajstić information content (AvgIpc) is 3.25. The maximum absolute atomic E-state index is 13.3. The maximum Gasteiger partial charge on any atom is 0.258 e. The van der Waals surface area contributed by atoms with E-state index in [0.29, 0.717) is 40.3 Å². The lowest BCUT2D eigenvalue weighted by Crippen LogP contribution is -2.42. The van der Waals surface area contributed by atoms with Crippen molar-refractivity contribution >= 4 is 44.3 Å². The highest BCUT2D eigenvalue weighted by molar-refractivity contribution is 7.92. The molecule has 0 saturated carbocycles. The first-order valence-electron chi connectivity index (χ1n) is 13.6. The van der Waals surface area contributed by atoms with Gasteiger partial charge >= 0.3 is 0 Å². The second-order valence-corrected chi connectivity index (χ2v) is 12.5. The number of benzene rings is 3. The van der Waals surface area contributed by atoms with Crippen molar-refractivity contribution in [1.29, 1.82) is 0 Å². The van der Waals surface area contributed by atoms with E-state index in [4.69, 9.17) is 0 Å². The molecule has 5 rings (SSSR count). The first kappa shape index (κ1) is 27.0. The number of amides is 1. The van der Waals surface area contributed by atoms with Crippen LogP contribution in [0.1, 0.15) is 56.7 Å². The molecule has 2 aliphatic heterocycles. The van der Waals surface area contributed by atoms with Crippen molar-refractivity contribution in [2.75, 3.05) is 21.1 Å². The molecule has 3 N–H and O–H groups in total. The minimum absolute atomic E-state index is 0.0354. The van der Waals surface area contributed by atoms with E-state index in [1.54, 1.807) is 25.1 Å². The fraction of sp³-hybridized carbons (Fsp3) is 0.323. The van der Waals surface area contributed by atoms with Crippen molar-refractivity contribution in [1.82, 2.24) is 4.90 Å². The summed E-state index contributed by atoms with van der Waals surface area (Å²) in [7, 11) is -3.45. The number of hydrogen-bond donors (Lipinski definition) is 3. The Morgan fingerprint density at radius 2 is 1.62 bits per heavy atom. The van der Waals surface area contributed by atoms with Crippen LogP contribution in [0.4, 0.5) is 17.1 Å². The van der Waals surface area contributed by atoms with E-state index in [1.165, 1.54) is 24.8 Å². The zero-order valence-electron chi connectivity index (χ0n) is 22.7. The standard InChI is InChI=1S/C31H36N4O3S/c1-4-39(37,38)34-26-17-18-28-27(19-26)29(31(36)33-28)30(24-11-6-5-7-12-24)32-25-15-13-23(14-16-25)20-35-21(2)9-8-10-22(35)3/h5-7,11-19,21-22,32,34H,4,8-10,20H2,1-3H3,(H,33,36)/b30-29-. The summed E-state index contributed by atoms with van der Waals surface area (Å²) < 4.78 is 27.0. The summed E-state index contributed by atoms with van der Waals surface area (Å²) in [5.41, 5.74) is 5.82. The molecule has 0 bridgehead atoms. The first-order chi connectivity index (χ1) is 18.7. The van der Waals surface area contributed by atoms with Gasteiger partial charge in [-0.05, 0) is 75.1 Å². The first-order valence-corrected chi connectivity index (χ1v) is 15.3. The summed E-state index contributed by atoms with van der Waals surface area (Å²) in [6.45, 7) is 7.13. The van der Waals surface area contributed by atoms with Gasteiger partial charge in [0, 0.05) is 41.3 Å². The van der Waals surface area contributed by atoms with Crippen LogP contribution in [0.5, 0.6) is 0 Å². The summed E-state index contributed by atoms with van der Waals surface area (Å²) in [6, 6.07) is 24.4. The Morgan fingerprint density at radius 1 is 0.949 bits per heavy atom. The van der Waals surface area contributed by atoms with Crippen molar-refractivity contribution in [3.63, 3.8) is 0 Å². The molecule has 0 aliphatic carbocycles. The molecule has 2 heterocycles. The van der Waals surface area contributed by atoms with Gasteiger partial charge in [-0.2, -0.15) is 0 Å². The van der Waals surface area contributed by atoms with Gasteiger partial charge in [-0.3, -0.25) is 14.4 Å². The topological polar surface area (TPSA) is 90.5 Å². The van der Waals surface area contributed by atoms with Crippen LogP contribution in [0.25, 0.3) is 11.3 Å². The predicted molar refractivity (Wildman–Crippen MR) is 160 cm³/mol. The highest BCUT2D eigenvalue weighted by atomic mass is 32.2. The number of likely N-dealkylation sites (tertiary alicyclic amines) is 1. The van der Waals surface area contributed by atoms with Gasteiger partial charge in [0.2, 0.25) is 10.0 Å². The molecular weight excluding hydrogens is 508 g/mol. The molecule has 0 spiro atoms. The number of nitrogens with zero attached hydrogens (tertiary/aromatic N) is 1. The van der Waals surface area contributed by atoms with Gasteiger partial charge in [0.05, 0.1) is 17.0 Å². The van der Waals surface area contributed by atoms with Gasteiger partial charge in [-0.1, -0.05) is 48.9 Å². The molecule has 3 aromatic rings. The van der Waals surface area contributed by atoms with E-state index >= 15 is 0 Å². The fourth-order valence-corrected chi connectivity index (χ4v) is 6.08. The lowest BCUT2D eigenvalue weighted by atomic mass is 9.96. The Bertz CT molecular complexity index is 1470. The Hall–Kier alpha value is -3.62. The van der Waals surface area contributed by atoms with Crippen LogP contribution in [0, 0.1) is 0 Å². The minimum atomic E-state index is -3.45. The summed E-state index contributed by atoms with van der Waals surface area (Å²) in [5, 5.41) is 6.43. The highest BCUT2D eigenvalue weighted by Gasteiger charge is 2.29. The van der Waals surface area contributed by atoms with E-state index in [-0.39, 0.29) is 11.7 Å². The van der Waals surface area contributed by atoms with Gasteiger partial charge in [-0.15, -0.1) is 0 Å². The van der Waals surface area contributed by atoms with Crippen molar-refractivity contribution in [3.05, 3.63) is 89.5 Å². The van der Waals surface area contributed by atoms with E-state index in [1.807, 2.05) is 30.3 Å². The zero-order chi connectivity index (χ0) is 27.6. The summed E-state index contributed by atoms with van der Waals surface area (Å²) in [4.78, 5) is 15.8. The molecule has 0 aromatic heterocycles. The molecular formula is C31H36N4O3S. The van der Waals surface area contributed by atoms with Crippen molar-refractivity contribution in [3.8, 4) is 0 Å². The van der Waals surface area contributed by atoms with Gasteiger partial charge in [-0.25, -0.2) is 8.42 Å². The second-order valence-electron chi connectivity index (χ2n) is 10.5. The summed E-state index contributed by atoms with van der Waals surface area (Å²) >= 11 is 0. The molecule has 3 aromatic carbocycles. The lowest BCUT2D eigenvalue weighted by Gasteiger charge is -2.39. The van der Waals surface area contributed by atoms with E-state index < -0.39 is 10.0 Å². The van der Waals surface area contributed by atoms with E-state index in [2.05, 4.69) is 58.4 Å². The van der Waals surface area contributed by atoms with Gasteiger partial charge in [0.1, 0.15) is 0 Å². The van der Waals surface area contributed by atoms with Gasteiger partial charge in [0.15, 0.2) is 0 Å². The van der Waals surface area contributed by atoms with Gasteiger partial charge < -0.3 is 10.6 Å². The largest absolute Gasteiger partial charge is 0.354 e. The maximum atomic E-state index is 13.3. The van der Waals surface area contributed by atoms with Crippen LogP contribution in [0.2, 0.25) is 0 Å². The molecule has 2 unspecified atom stereocenters. The quantitative estimate of drug-likeness (QED) is 0.296. The Kier molecular flexibility index (Phi) is 7.77.